The predicted octanol–water partition coefficient (Wildman–Crippen LogP) is 2.74. The first-order valence-electron chi connectivity index (χ1n) is 8.78. The molecule has 1 amide bonds. The molecule has 0 N–H and O–H groups in total. The Hall–Kier alpha value is -2.70. The summed E-state index contributed by atoms with van der Waals surface area (Å²) in [6.07, 6.45) is 5.38. The molecule has 1 unspecified atom stereocenters. The number of hydrogen-bond acceptors (Lipinski definition) is 5. The number of hydrogen-bond donors (Lipinski definition) is 0. The lowest BCUT2D eigenvalue weighted by molar-refractivity contribution is -0.135. The van der Waals surface area contributed by atoms with Gasteiger partial charge in [-0.3, -0.25) is 4.79 Å². The number of aromatic nitrogens is 4. The highest BCUT2D eigenvalue weighted by Crippen LogP contribution is 2.29. The van der Waals surface area contributed by atoms with E-state index in [1.165, 1.54) is 0 Å². The first-order chi connectivity index (χ1) is 12.3. The van der Waals surface area contributed by atoms with Crippen molar-refractivity contribution < 1.29 is 9.32 Å². The highest BCUT2D eigenvalue weighted by molar-refractivity contribution is 5.80. The van der Waals surface area contributed by atoms with Gasteiger partial charge in [0.25, 0.3) is 0 Å². The average Bonchev–Trinajstić information content (AvgIpc) is 3.29. The molecule has 2 aromatic heterocycles. The molecule has 7 heteroatoms. The van der Waals surface area contributed by atoms with Crippen molar-refractivity contribution in [2.24, 2.45) is 0 Å². The lowest BCUT2D eigenvalue weighted by Gasteiger charge is -2.34. The molecule has 0 saturated carbocycles. The van der Waals surface area contributed by atoms with E-state index >= 15 is 0 Å². The second-order valence-electron chi connectivity index (χ2n) is 6.36. The number of nitrogens with zero attached hydrogens (tertiary/aromatic N) is 5. The molecular formula is C18H21N5O2. The number of para-hydroxylation sites is 2. The Balaban J connectivity index is 1.56. The van der Waals surface area contributed by atoms with Crippen LogP contribution in [-0.4, -0.2) is 37.0 Å². The Labute approximate surface area is 145 Å². The summed E-state index contributed by atoms with van der Waals surface area (Å²) in [7, 11) is 0. The van der Waals surface area contributed by atoms with Crippen LogP contribution in [0.3, 0.4) is 0 Å². The van der Waals surface area contributed by atoms with E-state index in [0.29, 0.717) is 18.1 Å². The van der Waals surface area contributed by atoms with E-state index in [-0.39, 0.29) is 18.5 Å². The fourth-order valence-electron chi connectivity index (χ4n) is 3.42. The molecule has 1 aromatic carbocycles. The molecule has 7 nitrogen and oxygen atoms in total. The molecule has 1 saturated heterocycles. The molecule has 1 atom stereocenters. The number of aryl methyl sites for hydroxylation is 1. The van der Waals surface area contributed by atoms with Crippen molar-refractivity contribution in [2.45, 2.75) is 45.2 Å². The van der Waals surface area contributed by atoms with Gasteiger partial charge in [0.1, 0.15) is 6.54 Å². The quantitative estimate of drug-likeness (QED) is 0.730. The van der Waals surface area contributed by atoms with Crippen molar-refractivity contribution in [3.8, 4) is 0 Å². The smallest absolute Gasteiger partial charge is 0.243 e. The number of piperidine rings is 1. The third kappa shape index (κ3) is 3.01. The van der Waals surface area contributed by atoms with E-state index < -0.39 is 0 Å². The Morgan fingerprint density at radius 3 is 3.04 bits per heavy atom. The van der Waals surface area contributed by atoms with Gasteiger partial charge >= 0.3 is 0 Å². The summed E-state index contributed by atoms with van der Waals surface area (Å²) in [4.78, 5) is 23.7. The summed E-state index contributed by atoms with van der Waals surface area (Å²) in [5.41, 5.74) is 1.87. The molecule has 0 aliphatic carbocycles. The highest BCUT2D eigenvalue weighted by Gasteiger charge is 2.31. The van der Waals surface area contributed by atoms with Crippen molar-refractivity contribution in [2.75, 3.05) is 6.54 Å². The number of amides is 1. The molecule has 1 aliphatic heterocycles. The number of benzene rings is 1. The van der Waals surface area contributed by atoms with E-state index in [1.807, 2.05) is 40.7 Å². The van der Waals surface area contributed by atoms with Gasteiger partial charge in [-0.15, -0.1) is 0 Å². The number of fused-ring (bicyclic) bond motifs is 1. The minimum absolute atomic E-state index is 0.0655. The van der Waals surface area contributed by atoms with E-state index in [2.05, 4.69) is 15.1 Å². The lowest BCUT2D eigenvalue weighted by atomic mass is 10.0. The van der Waals surface area contributed by atoms with Gasteiger partial charge in [-0.25, -0.2) is 4.98 Å². The predicted molar refractivity (Wildman–Crippen MR) is 91.7 cm³/mol. The number of likely N-dealkylation sites (tertiary alicyclic amines) is 1. The molecule has 130 valence electrons. The fraction of sp³-hybridized carbons (Fsp3) is 0.444. The first kappa shape index (κ1) is 15.8. The highest BCUT2D eigenvalue weighted by atomic mass is 16.5. The summed E-state index contributed by atoms with van der Waals surface area (Å²) in [5, 5.41) is 4.09. The zero-order chi connectivity index (χ0) is 17.2. The van der Waals surface area contributed by atoms with Gasteiger partial charge in [0.2, 0.25) is 11.8 Å². The van der Waals surface area contributed by atoms with Gasteiger partial charge in [0.15, 0.2) is 5.82 Å². The van der Waals surface area contributed by atoms with Crippen LogP contribution in [0.1, 0.15) is 43.9 Å². The molecule has 3 heterocycles. The molecule has 25 heavy (non-hydrogen) atoms. The van der Waals surface area contributed by atoms with Crippen LogP contribution in [0.2, 0.25) is 0 Å². The summed E-state index contributed by atoms with van der Waals surface area (Å²) in [5.74, 6) is 1.31. The van der Waals surface area contributed by atoms with Crippen molar-refractivity contribution in [1.29, 1.82) is 0 Å². The zero-order valence-electron chi connectivity index (χ0n) is 14.3. The number of imidazole rings is 1. The van der Waals surface area contributed by atoms with Crippen LogP contribution < -0.4 is 0 Å². The van der Waals surface area contributed by atoms with Crippen molar-refractivity contribution >= 4 is 16.9 Å². The van der Waals surface area contributed by atoms with Crippen molar-refractivity contribution in [3.05, 3.63) is 42.3 Å². The maximum atomic E-state index is 13.0. The van der Waals surface area contributed by atoms with Crippen LogP contribution in [0.4, 0.5) is 0 Å². The maximum Gasteiger partial charge on any atom is 0.243 e. The summed E-state index contributed by atoms with van der Waals surface area (Å²) < 4.78 is 7.14. The lowest BCUT2D eigenvalue weighted by Crippen LogP contribution is -2.40. The Bertz CT molecular complexity index is 884. The maximum absolute atomic E-state index is 13.0. The summed E-state index contributed by atoms with van der Waals surface area (Å²) in [6.45, 7) is 2.98. The zero-order valence-corrected chi connectivity index (χ0v) is 14.3. The minimum atomic E-state index is -0.0971. The number of rotatable bonds is 4. The largest absolute Gasteiger partial charge is 0.339 e. The van der Waals surface area contributed by atoms with E-state index in [4.69, 9.17) is 4.52 Å². The molecule has 3 aromatic rings. The average molecular weight is 339 g/mol. The van der Waals surface area contributed by atoms with Gasteiger partial charge in [0.05, 0.1) is 23.4 Å². The second-order valence-corrected chi connectivity index (χ2v) is 6.36. The van der Waals surface area contributed by atoms with Gasteiger partial charge in [-0.1, -0.05) is 24.2 Å². The van der Waals surface area contributed by atoms with E-state index in [1.54, 1.807) is 6.33 Å². The van der Waals surface area contributed by atoms with Crippen molar-refractivity contribution in [3.63, 3.8) is 0 Å². The topological polar surface area (TPSA) is 77.1 Å². The van der Waals surface area contributed by atoms with Crippen LogP contribution in [-0.2, 0) is 17.8 Å². The van der Waals surface area contributed by atoms with Gasteiger partial charge in [-0.05, 0) is 31.4 Å². The van der Waals surface area contributed by atoms with Crippen LogP contribution in [0, 0.1) is 0 Å². The Morgan fingerprint density at radius 1 is 1.32 bits per heavy atom. The standard InChI is InChI=1S/C18H21N5O2/c1-2-16-20-18(21-25-16)15-9-5-6-10-23(15)17(24)11-22-12-19-13-7-3-4-8-14(13)22/h3-4,7-8,12,15H,2,5-6,9-11H2,1H3. The second kappa shape index (κ2) is 6.66. The van der Waals surface area contributed by atoms with Crippen LogP contribution >= 0.6 is 0 Å². The summed E-state index contributed by atoms with van der Waals surface area (Å²) in [6, 6.07) is 7.74. The molecule has 0 radical (unpaired) electrons. The molecular weight excluding hydrogens is 318 g/mol. The molecule has 0 spiro atoms. The molecule has 0 bridgehead atoms. The third-order valence-electron chi connectivity index (χ3n) is 4.74. The number of carbonyl (C=O) groups is 1. The number of carbonyl (C=O) groups excluding carboxylic acids is 1. The summed E-state index contributed by atoms with van der Waals surface area (Å²) >= 11 is 0. The minimum Gasteiger partial charge on any atom is -0.339 e. The third-order valence-corrected chi connectivity index (χ3v) is 4.74. The monoisotopic (exact) mass is 339 g/mol. The Morgan fingerprint density at radius 2 is 2.20 bits per heavy atom. The fourth-order valence-corrected chi connectivity index (χ4v) is 3.42. The van der Waals surface area contributed by atoms with Crippen molar-refractivity contribution in [1.82, 2.24) is 24.6 Å². The van der Waals surface area contributed by atoms with E-state index in [9.17, 15) is 4.79 Å². The molecule has 1 fully saturated rings. The van der Waals surface area contributed by atoms with Gasteiger partial charge in [0, 0.05) is 13.0 Å². The normalized spacial score (nSPS) is 18.0. The first-order valence-corrected chi connectivity index (χ1v) is 8.78. The van der Waals surface area contributed by atoms with Gasteiger partial charge < -0.3 is 14.0 Å². The van der Waals surface area contributed by atoms with Gasteiger partial charge in [-0.2, -0.15) is 4.98 Å². The molecule has 4 rings (SSSR count). The SMILES string of the molecule is CCc1nc(C2CCCCN2C(=O)Cn2cnc3ccccc32)no1. The molecule has 1 aliphatic rings. The van der Waals surface area contributed by atoms with Crippen LogP contribution in [0.25, 0.3) is 11.0 Å². The van der Waals surface area contributed by atoms with Crippen LogP contribution in [0.15, 0.2) is 35.1 Å². The Kier molecular flexibility index (Phi) is 4.21. The van der Waals surface area contributed by atoms with Crippen LogP contribution in [0.5, 0.6) is 0 Å². The van der Waals surface area contributed by atoms with E-state index in [0.717, 1.165) is 36.8 Å².